The minimum absolute atomic E-state index is 0.237. The second kappa shape index (κ2) is 9.28. The fraction of sp³-hybridized carbons (Fsp3) is 0.731. The molecule has 4 aliphatic carbocycles. The summed E-state index contributed by atoms with van der Waals surface area (Å²) in [6, 6.07) is 3.36. The Hall–Kier alpha value is -1.58. The minimum atomic E-state index is -0.567. The number of hydrogen-bond acceptors (Lipinski definition) is 3. The average molecular weight is 414 g/mol. The molecule has 30 heavy (non-hydrogen) atoms. The van der Waals surface area contributed by atoms with Crippen molar-refractivity contribution in [1.82, 2.24) is 4.98 Å². The lowest BCUT2D eigenvalue weighted by Gasteiger charge is -2.35. The van der Waals surface area contributed by atoms with Crippen LogP contribution >= 0.6 is 0 Å². The van der Waals surface area contributed by atoms with Crippen LogP contribution in [0.1, 0.15) is 77.0 Å². The zero-order chi connectivity index (χ0) is 20.3. The van der Waals surface area contributed by atoms with E-state index in [-0.39, 0.29) is 5.75 Å². The summed E-state index contributed by atoms with van der Waals surface area (Å²) in [5.74, 6) is 4.51. The molecule has 4 heteroatoms. The first-order chi connectivity index (χ1) is 14.7. The Morgan fingerprint density at radius 3 is 2.20 bits per heavy atom. The number of allylic oxidation sites excluding steroid dienone is 1. The van der Waals surface area contributed by atoms with Crippen LogP contribution in [0, 0.1) is 35.5 Å². The molecule has 0 radical (unpaired) electrons. The molecule has 0 aromatic carbocycles. The molecule has 0 aliphatic heterocycles. The third-order valence-corrected chi connectivity index (χ3v) is 7.83. The van der Waals surface area contributed by atoms with E-state index in [1.807, 2.05) is 0 Å². The molecule has 0 spiro atoms. The van der Waals surface area contributed by atoms with Crippen molar-refractivity contribution in [3.63, 3.8) is 0 Å². The number of rotatable bonds is 9. The first kappa shape index (κ1) is 20.3. The molecule has 1 heterocycles. The third kappa shape index (κ3) is 5.56. The maximum absolute atomic E-state index is 14.1. The molecule has 0 bridgehead atoms. The van der Waals surface area contributed by atoms with Gasteiger partial charge in [0.15, 0.2) is 5.75 Å². The van der Waals surface area contributed by atoms with Gasteiger partial charge in [0.2, 0.25) is 5.88 Å². The third-order valence-electron chi connectivity index (χ3n) is 7.83. The molecule has 3 nitrogen and oxygen atoms in total. The fourth-order valence-electron chi connectivity index (χ4n) is 5.44. The number of aromatic nitrogens is 1. The van der Waals surface area contributed by atoms with Gasteiger partial charge in [-0.3, -0.25) is 0 Å². The van der Waals surface area contributed by atoms with E-state index >= 15 is 0 Å². The molecule has 0 saturated heterocycles. The number of nitrogens with zero attached hydrogens (tertiary/aromatic N) is 1. The zero-order valence-electron chi connectivity index (χ0n) is 18.2. The Morgan fingerprint density at radius 1 is 0.833 bits per heavy atom. The van der Waals surface area contributed by atoms with Gasteiger partial charge in [-0.2, -0.15) is 9.37 Å². The molecule has 4 aliphatic rings. The second-order valence-electron chi connectivity index (χ2n) is 10.3. The fourth-order valence-corrected chi connectivity index (χ4v) is 5.44. The van der Waals surface area contributed by atoms with Crippen LogP contribution in [0.2, 0.25) is 0 Å². The molecule has 1 aromatic rings. The molecule has 3 fully saturated rings. The summed E-state index contributed by atoms with van der Waals surface area (Å²) in [6.07, 6.45) is 18.7. The van der Waals surface area contributed by atoms with Gasteiger partial charge in [-0.05, 0) is 92.6 Å². The van der Waals surface area contributed by atoms with Crippen LogP contribution in [-0.2, 0) is 0 Å². The van der Waals surface area contributed by atoms with Crippen LogP contribution < -0.4 is 9.47 Å². The summed E-state index contributed by atoms with van der Waals surface area (Å²) in [4.78, 5) is 3.94. The first-order valence-corrected chi connectivity index (χ1v) is 12.3. The summed E-state index contributed by atoms with van der Waals surface area (Å²) in [7, 11) is 0. The highest BCUT2D eigenvalue weighted by Gasteiger charge is 2.32. The summed E-state index contributed by atoms with van der Waals surface area (Å²) in [5.41, 5.74) is 1.34. The lowest BCUT2D eigenvalue weighted by Crippen LogP contribution is -2.24. The summed E-state index contributed by atoms with van der Waals surface area (Å²) in [6.45, 7) is 1.12. The molecule has 0 amide bonds. The van der Waals surface area contributed by atoms with Crippen molar-refractivity contribution < 1.29 is 13.9 Å². The molecule has 1 atom stereocenters. The molecule has 0 N–H and O–H groups in total. The monoisotopic (exact) mass is 413 g/mol. The molecule has 5 rings (SSSR count). The van der Waals surface area contributed by atoms with Crippen LogP contribution in [0.5, 0.6) is 11.6 Å². The number of halogens is 1. The smallest absolute Gasteiger partial charge is 0.258 e. The van der Waals surface area contributed by atoms with Crippen molar-refractivity contribution in [2.24, 2.45) is 29.6 Å². The molecule has 1 aromatic heterocycles. The minimum Gasteiger partial charge on any atom is -0.488 e. The second-order valence-corrected chi connectivity index (χ2v) is 10.3. The van der Waals surface area contributed by atoms with E-state index in [1.54, 1.807) is 12.1 Å². The van der Waals surface area contributed by atoms with E-state index in [1.165, 1.54) is 76.2 Å². The van der Waals surface area contributed by atoms with Gasteiger partial charge in [0, 0.05) is 6.07 Å². The summed E-state index contributed by atoms with van der Waals surface area (Å²) >= 11 is 0. The van der Waals surface area contributed by atoms with Crippen LogP contribution in [0.15, 0.2) is 23.8 Å². The molecule has 3 saturated carbocycles. The van der Waals surface area contributed by atoms with E-state index in [0.29, 0.717) is 25.0 Å². The topological polar surface area (TPSA) is 31.4 Å². The predicted octanol–water partition coefficient (Wildman–Crippen LogP) is 6.72. The van der Waals surface area contributed by atoms with Gasteiger partial charge in [-0.15, -0.1) is 0 Å². The number of pyridine rings is 1. The van der Waals surface area contributed by atoms with Crippen molar-refractivity contribution in [2.45, 2.75) is 77.0 Å². The maximum Gasteiger partial charge on any atom is 0.258 e. The molecular weight excluding hydrogens is 377 g/mol. The van der Waals surface area contributed by atoms with Crippen molar-refractivity contribution in [3.8, 4) is 11.6 Å². The van der Waals surface area contributed by atoms with Gasteiger partial charge >= 0.3 is 0 Å². The average Bonchev–Trinajstić information content (AvgIpc) is 3.69. The normalized spacial score (nSPS) is 29.4. The number of ether oxygens (including phenoxy) is 2. The van der Waals surface area contributed by atoms with Crippen molar-refractivity contribution >= 4 is 0 Å². The van der Waals surface area contributed by atoms with Gasteiger partial charge < -0.3 is 9.47 Å². The Labute approximate surface area is 180 Å². The van der Waals surface area contributed by atoms with Crippen molar-refractivity contribution in [3.05, 3.63) is 29.7 Å². The standard InChI is InChI=1S/C26H36FNO2/c27-26-24(29-16-20-3-4-20)13-14-25(28-26)30-17-21-7-11-23(12-8-21)22-9-5-19(6-10-22)15-18-1-2-18/h7,13-14,18-20,22-23H,1-6,8-12,15-17H2. The molecule has 164 valence electrons. The van der Waals surface area contributed by atoms with E-state index in [4.69, 9.17) is 9.47 Å². The molecule has 1 unspecified atom stereocenters. The predicted molar refractivity (Wildman–Crippen MR) is 116 cm³/mol. The zero-order valence-corrected chi connectivity index (χ0v) is 18.2. The van der Waals surface area contributed by atoms with E-state index in [9.17, 15) is 4.39 Å². The summed E-state index contributed by atoms with van der Waals surface area (Å²) in [5, 5.41) is 0. The SMILES string of the molecule is Fc1nc(OCC2=CCC(C3CCC(CC4CC4)CC3)CC2)ccc1OCC1CC1. The Bertz CT molecular complexity index is 747. The quantitative estimate of drug-likeness (QED) is 0.332. The summed E-state index contributed by atoms with van der Waals surface area (Å²) < 4.78 is 25.4. The van der Waals surface area contributed by atoms with Crippen molar-refractivity contribution in [2.75, 3.05) is 13.2 Å². The van der Waals surface area contributed by atoms with E-state index in [0.717, 1.165) is 30.1 Å². The maximum atomic E-state index is 14.1. The van der Waals surface area contributed by atoms with Gasteiger partial charge in [-0.1, -0.05) is 31.8 Å². The Kier molecular flexibility index (Phi) is 6.29. The van der Waals surface area contributed by atoms with Crippen LogP contribution in [-0.4, -0.2) is 18.2 Å². The highest BCUT2D eigenvalue weighted by Crippen LogP contribution is 2.44. The Morgan fingerprint density at radius 2 is 1.57 bits per heavy atom. The Balaban J connectivity index is 1.04. The lowest BCUT2D eigenvalue weighted by molar-refractivity contribution is 0.182. The lowest BCUT2D eigenvalue weighted by atomic mass is 9.70. The first-order valence-electron chi connectivity index (χ1n) is 12.3. The number of hydrogen-bond donors (Lipinski definition) is 0. The van der Waals surface area contributed by atoms with Gasteiger partial charge in [0.25, 0.3) is 5.95 Å². The van der Waals surface area contributed by atoms with E-state index < -0.39 is 5.95 Å². The van der Waals surface area contributed by atoms with Gasteiger partial charge in [-0.25, -0.2) is 0 Å². The molecular formula is C26H36FNO2. The highest BCUT2D eigenvalue weighted by molar-refractivity contribution is 5.25. The van der Waals surface area contributed by atoms with Crippen LogP contribution in [0.4, 0.5) is 4.39 Å². The van der Waals surface area contributed by atoms with Gasteiger partial charge in [0.1, 0.15) is 6.61 Å². The van der Waals surface area contributed by atoms with Gasteiger partial charge in [0.05, 0.1) is 6.61 Å². The van der Waals surface area contributed by atoms with E-state index in [2.05, 4.69) is 11.1 Å². The van der Waals surface area contributed by atoms with Crippen molar-refractivity contribution in [1.29, 1.82) is 0 Å². The highest BCUT2D eigenvalue weighted by atomic mass is 19.1. The largest absolute Gasteiger partial charge is 0.488 e. The van der Waals surface area contributed by atoms with Crippen LogP contribution in [0.3, 0.4) is 0 Å². The van der Waals surface area contributed by atoms with Crippen LogP contribution in [0.25, 0.3) is 0 Å².